The predicted octanol–water partition coefficient (Wildman–Crippen LogP) is 1.26. The lowest BCUT2D eigenvalue weighted by Crippen LogP contribution is -2.32. The van der Waals surface area contributed by atoms with Crippen LogP contribution >= 0.6 is 12.2 Å². The summed E-state index contributed by atoms with van der Waals surface area (Å²) in [6.45, 7) is 0.127. The fourth-order valence-electron chi connectivity index (χ4n) is 2.95. The number of benzene rings is 1. The summed E-state index contributed by atoms with van der Waals surface area (Å²) in [7, 11) is -1.88. The Balaban J connectivity index is 2.49. The number of hydrogen-bond acceptors (Lipinski definition) is 4. The molecule has 0 saturated heterocycles. The first-order valence-corrected chi connectivity index (χ1v) is 8.34. The maximum atomic E-state index is 13.0. The van der Waals surface area contributed by atoms with Crippen molar-refractivity contribution in [3.63, 3.8) is 0 Å². The third kappa shape index (κ3) is 2.34. The van der Waals surface area contributed by atoms with Gasteiger partial charge < -0.3 is 10.5 Å². The normalized spacial score (nSPS) is 29.1. The number of halogens is 1. The van der Waals surface area contributed by atoms with Crippen molar-refractivity contribution in [2.45, 2.75) is 11.2 Å². The van der Waals surface area contributed by atoms with E-state index in [1.54, 1.807) is 12.1 Å². The quantitative estimate of drug-likeness (QED) is 0.828. The van der Waals surface area contributed by atoms with Gasteiger partial charge >= 0.3 is 0 Å². The Morgan fingerprint density at radius 1 is 1.45 bits per heavy atom. The zero-order valence-electron chi connectivity index (χ0n) is 11.2. The molecule has 0 spiro atoms. The van der Waals surface area contributed by atoms with Crippen LogP contribution < -0.4 is 5.73 Å². The molecule has 110 valence electrons. The van der Waals surface area contributed by atoms with Crippen molar-refractivity contribution in [3.8, 4) is 0 Å². The molecule has 1 aromatic carbocycles. The van der Waals surface area contributed by atoms with Crippen LogP contribution in [0.4, 0.5) is 4.39 Å². The van der Waals surface area contributed by atoms with Crippen LogP contribution in [0.1, 0.15) is 11.5 Å². The third-order valence-electron chi connectivity index (χ3n) is 3.79. The molecule has 2 N–H and O–H groups in total. The van der Waals surface area contributed by atoms with Gasteiger partial charge in [-0.25, -0.2) is 12.8 Å². The molecule has 0 amide bonds. The average molecular weight is 317 g/mol. The van der Waals surface area contributed by atoms with Crippen LogP contribution in [0.5, 0.6) is 0 Å². The highest BCUT2D eigenvalue weighted by atomic mass is 32.2. The lowest BCUT2D eigenvalue weighted by Gasteiger charge is -2.15. The maximum Gasteiger partial charge on any atom is 0.152 e. The van der Waals surface area contributed by atoms with Crippen molar-refractivity contribution in [2.75, 3.05) is 20.0 Å². The van der Waals surface area contributed by atoms with E-state index in [4.69, 9.17) is 22.7 Å². The van der Waals surface area contributed by atoms with Gasteiger partial charge in [0.25, 0.3) is 0 Å². The number of hydrogen-bond donors (Lipinski definition) is 1. The maximum absolute atomic E-state index is 13.0. The summed E-state index contributed by atoms with van der Waals surface area (Å²) in [5.74, 6) is -0.770. The van der Waals surface area contributed by atoms with Crippen molar-refractivity contribution in [1.29, 1.82) is 0 Å². The SMILES string of the molecule is COC[C@]1(C(N)=S)[C@H](c2ccc(F)cc2)[C@H]1S(C)(=O)=O. The largest absolute Gasteiger partial charge is 0.393 e. The molecule has 0 heterocycles. The summed E-state index contributed by atoms with van der Waals surface area (Å²) in [6.07, 6.45) is 1.16. The number of nitrogens with two attached hydrogens (primary N) is 1. The number of ether oxygens (including phenoxy) is 1. The molecule has 3 atom stereocenters. The molecule has 1 aromatic rings. The Labute approximate surface area is 123 Å². The Morgan fingerprint density at radius 2 is 2.00 bits per heavy atom. The lowest BCUT2D eigenvalue weighted by atomic mass is 10.00. The molecule has 1 fully saturated rings. The second kappa shape index (κ2) is 5.05. The summed E-state index contributed by atoms with van der Waals surface area (Å²) in [5, 5.41) is -0.724. The van der Waals surface area contributed by atoms with Gasteiger partial charge in [-0.2, -0.15) is 0 Å². The second-order valence-electron chi connectivity index (χ2n) is 5.12. The molecule has 20 heavy (non-hydrogen) atoms. The van der Waals surface area contributed by atoms with Crippen molar-refractivity contribution in [1.82, 2.24) is 0 Å². The van der Waals surface area contributed by atoms with Crippen LogP contribution in [0.2, 0.25) is 0 Å². The molecule has 0 aromatic heterocycles. The van der Waals surface area contributed by atoms with E-state index in [1.807, 2.05) is 0 Å². The van der Waals surface area contributed by atoms with Crippen LogP contribution in [-0.2, 0) is 14.6 Å². The Kier molecular flexibility index (Phi) is 3.88. The highest BCUT2D eigenvalue weighted by Gasteiger charge is 2.71. The molecule has 1 aliphatic carbocycles. The molecule has 4 nitrogen and oxygen atoms in total. The molecule has 7 heteroatoms. The van der Waals surface area contributed by atoms with Crippen molar-refractivity contribution < 1.29 is 17.5 Å². The third-order valence-corrected chi connectivity index (χ3v) is 5.78. The topological polar surface area (TPSA) is 69.4 Å². The lowest BCUT2D eigenvalue weighted by molar-refractivity contribution is 0.166. The summed E-state index contributed by atoms with van der Waals surface area (Å²) in [4.78, 5) is 0.115. The first-order valence-electron chi connectivity index (χ1n) is 5.98. The number of methoxy groups -OCH3 is 1. The number of thiocarbonyl (C=S) groups is 1. The van der Waals surface area contributed by atoms with E-state index < -0.39 is 26.4 Å². The van der Waals surface area contributed by atoms with Crippen LogP contribution in [0, 0.1) is 11.2 Å². The fourth-order valence-corrected chi connectivity index (χ4v) is 5.26. The molecule has 0 aliphatic heterocycles. The van der Waals surface area contributed by atoms with Crippen molar-refractivity contribution in [2.24, 2.45) is 11.1 Å². The predicted molar refractivity (Wildman–Crippen MR) is 78.9 cm³/mol. The summed E-state index contributed by atoms with van der Waals surface area (Å²) >= 11 is 5.07. The van der Waals surface area contributed by atoms with Gasteiger partial charge in [-0.05, 0) is 17.7 Å². The Morgan fingerprint density at radius 3 is 2.40 bits per heavy atom. The monoisotopic (exact) mass is 317 g/mol. The fraction of sp³-hybridized carbons (Fsp3) is 0.462. The summed E-state index contributed by atoms with van der Waals surface area (Å²) in [5.41, 5.74) is 5.57. The van der Waals surface area contributed by atoms with Gasteiger partial charge in [0, 0.05) is 19.3 Å². The van der Waals surface area contributed by atoms with Gasteiger partial charge in [-0.15, -0.1) is 0 Å². The molecule has 1 saturated carbocycles. The smallest absolute Gasteiger partial charge is 0.152 e. The second-order valence-corrected chi connectivity index (χ2v) is 7.72. The Bertz CT molecular complexity index is 630. The van der Waals surface area contributed by atoms with Crippen molar-refractivity contribution in [3.05, 3.63) is 35.6 Å². The van der Waals surface area contributed by atoms with E-state index in [0.717, 1.165) is 6.26 Å². The summed E-state index contributed by atoms with van der Waals surface area (Å²) < 4.78 is 42.1. The van der Waals surface area contributed by atoms with Gasteiger partial charge in [-0.1, -0.05) is 24.4 Å². The number of rotatable bonds is 5. The van der Waals surface area contributed by atoms with Gasteiger partial charge in [0.05, 0.1) is 22.3 Å². The van der Waals surface area contributed by atoms with E-state index in [9.17, 15) is 12.8 Å². The van der Waals surface area contributed by atoms with Gasteiger partial charge in [0.2, 0.25) is 0 Å². The molecular formula is C13H16FNO3S2. The molecule has 0 unspecified atom stereocenters. The van der Waals surface area contributed by atoms with Gasteiger partial charge in [0.1, 0.15) is 5.82 Å². The molecule has 0 radical (unpaired) electrons. The first kappa shape index (κ1) is 15.3. The highest BCUT2D eigenvalue weighted by Crippen LogP contribution is 2.63. The molecule has 0 bridgehead atoms. The zero-order chi connectivity index (χ0) is 15.1. The number of sulfone groups is 1. The van der Waals surface area contributed by atoms with E-state index >= 15 is 0 Å². The minimum atomic E-state index is -3.35. The van der Waals surface area contributed by atoms with Crippen LogP contribution in [0.25, 0.3) is 0 Å². The van der Waals surface area contributed by atoms with E-state index in [0.29, 0.717) is 5.56 Å². The molecule has 1 aliphatic rings. The van der Waals surface area contributed by atoms with E-state index in [1.165, 1.54) is 19.2 Å². The minimum Gasteiger partial charge on any atom is -0.393 e. The van der Waals surface area contributed by atoms with Gasteiger partial charge in [-0.3, -0.25) is 0 Å². The van der Waals surface area contributed by atoms with Crippen LogP contribution in [0.15, 0.2) is 24.3 Å². The van der Waals surface area contributed by atoms with Crippen molar-refractivity contribution >= 4 is 27.0 Å². The average Bonchev–Trinajstić information content (AvgIpc) is 3.01. The van der Waals surface area contributed by atoms with Gasteiger partial charge in [0.15, 0.2) is 9.84 Å². The molecular weight excluding hydrogens is 301 g/mol. The van der Waals surface area contributed by atoms with E-state index in [-0.39, 0.29) is 17.4 Å². The summed E-state index contributed by atoms with van der Waals surface area (Å²) in [6, 6.07) is 5.72. The highest BCUT2D eigenvalue weighted by molar-refractivity contribution is 7.92. The van der Waals surface area contributed by atoms with E-state index in [2.05, 4.69) is 0 Å². The first-order chi connectivity index (χ1) is 9.25. The Hall–Kier alpha value is -1.05. The zero-order valence-corrected chi connectivity index (χ0v) is 12.8. The minimum absolute atomic E-state index is 0.115. The van der Waals surface area contributed by atoms with Crippen LogP contribution in [-0.4, -0.2) is 38.6 Å². The molecule has 2 rings (SSSR count). The van der Waals surface area contributed by atoms with Crippen LogP contribution in [0.3, 0.4) is 0 Å². The standard InChI is InChI=1S/C13H16FNO3S2/c1-18-7-13(12(15)19)10(11(13)20(2,16)17)8-3-5-9(14)6-4-8/h3-6,10-11H,7H2,1-2H3,(H2,15,19)/t10-,11-,13+/m1/s1.